The van der Waals surface area contributed by atoms with Gasteiger partial charge in [-0.15, -0.1) is 0 Å². The third kappa shape index (κ3) is 2.38. The molecule has 2 rings (SSSR count). The molecular formula is C11H20N4. The Hall–Kier alpha value is -0.870. The monoisotopic (exact) mass is 208 g/mol. The van der Waals surface area contributed by atoms with Crippen LogP contribution in [-0.2, 0) is 13.5 Å². The maximum Gasteiger partial charge on any atom is 0.109 e. The quantitative estimate of drug-likeness (QED) is 0.774. The van der Waals surface area contributed by atoms with Crippen molar-refractivity contribution in [2.45, 2.75) is 19.4 Å². The SMILES string of the molecule is CC1CN(CCc2nccn2C)CC1N. The van der Waals surface area contributed by atoms with Gasteiger partial charge in [0.25, 0.3) is 0 Å². The van der Waals surface area contributed by atoms with Gasteiger partial charge in [-0.2, -0.15) is 0 Å². The molecule has 0 radical (unpaired) electrons. The molecule has 0 spiro atoms. The van der Waals surface area contributed by atoms with Crippen LogP contribution in [0.3, 0.4) is 0 Å². The molecule has 0 bridgehead atoms. The van der Waals surface area contributed by atoms with Crippen molar-refractivity contribution in [2.24, 2.45) is 18.7 Å². The van der Waals surface area contributed by atoms with Crippen LogP contribution in [-0.4, -0.2) is 40.1 Å². The Labute approximate surface area is 91.1 Å². The van der Waals surface area contributed by atoms with Gasteiger partial charge in [-0.3, -0.25) is 0 Å². The van der Waals surface area contributed by atoms with Crippen molar-refractivity contribution in [1.29, 1.82) is 0 Å². The van der Waals surface area contributed by atoms with Gasteiger partial charge in [0.1, 0.15) is 5.82 Å². The number of hydrogen-bond acceptors (Lipinski definition) is 3. The molecule has 1 aromatic heterocycles. The average Bonchev–Trinajstić information content (AvgIpc) is 2.72. The minimum Gasteiger partial charge on any atom is -0.338 e. The fourth-order valence-corrected chi connectivity index (χ4v) is 2.17. The van der Waals surface area contributed by atoms with Gasteiger partial charge < -0.3 is 15.2 Å². The van der Waals surface area contributed by atoms with E-state index in [9.17, 15) is 0 Å². The van der Waals surface area contributed by atoms with E-state index in [1.165, 1.54) is 0 Å². The predicted molar refractivity (Wildman–Crippen MR) is 60.5 cm³/mol. The molecule has 15 heavy (non-hydrogen) atoms. The van der Waals surface area contributed by atoms with Gasteiger partial charge in [0.2, 0.25) is 0 Å². The molecule has 84 valence electrons. The molecule has 4 heteroatoms. The molecule has 1 fully saturated rings. The summed E-state index contributed by atoms with van der Waals surface area (Å²) >= 11 is 0. The van der Waals surface area contributed by atoms with Crippen molar-refractivity contribution in [3.63, 3.8) is 0 Å². The van der Waals surface area contributed by atoms with Crippen LogP contribution >= 0.6 is 0 Å². The minimum atomic E-state index is 0.353. The molecule has 2 N–H and O–H groups in total. The van der Waals surface area contributed by atoms with Crippen molar-refractivity contribution < 1.29 is 0 Å². The summed E-state index contributed by atoms with van der Waals surface area (Å²) in [6.45, 7) is 5.46. The molecule has 2 atom stereocenters. The van der Waals surface area contributed by atoms with Gasteiger partial charge in [0.15, 0.2) is 0 Å². The maximum atomic E-state index is 5.99. The fraction of sp³-hybridized carbons (Fsp3) is 0.727. The Balaban J connectivity index is 1.82. The summed E-state index contributed by atoms with van der Waals surface area (Å²) < 4.78 is 2.08. The first kappa shape index (κ1) is 10.6. The van der Waals surface area contributed by atoms with Crippen LogP contribution in [0.15, 0.2) is 12.4 Å². The first-order valence-electron chi connectivity index (χ1n) is 5.61. The number of hydrogen-bond donors (Lipinski definition) is 1. The molecule has 1 aliphatic heterocycles. The molecule has 4 nitrogen and oxygen atoms in total. The van der Waals surface area contributed by atoms with Gasteiger partial charge >= 0.3 is 0 Å². The zero-order valence-corrected chi connectivity index (χ0v) is 9.56. The van der Waals surface area contributed by atoms with E-state index in [0.717, 1.165) is 31.9 Å². The normalized spacial score (nSPS) is 27.4. The van der Waals surface area contributed by atoms with Gasteiger partial charge in [-0.05, 0) is 5.92 Å². The molecule has 2 heterocycles. The predicted octanol–water partition coefficient (Wildman–Crippen LogP) is 0.242. The highest BCUT2D eigenvalue weighted by atomic mass is 15.2. The summed E-state index contributed by atoms with van der Waals surface area (Å²) in [5.74, 6) is 1.79. The first-order valence-corrected chi connectivity index (χ1v) is 5.61. The van der Waals surface area contributed by atoms with Crippen LogP contribution in [0.25, 0.3) is 0 Å². The van der Waals surface area contributed by atoms with Gasteiger partial charge in [-0.1, -0.05) is 6.92 Å². The van der Waals surface area contributed by atoms with Crippen LogP contribution in [0.2, 0.25) is 0 Å². The maximum absolute atomic E-state index is 5.99. The Bertz CT molecular complexity index is 310. The van der Waals surface area contributed by atoms with Gasteiger partial charge in [-0.25, -0.2) is 4.98 Å². The summed E-state index contributed by atoms with van der Waals surface area (Å²) in [6, 6.07) is 0.353. The Morgan fingerprint density at radius 3 is 2.87 bits per heavy atom. The highest BCUT2D eigenvalue weighted by Gasteiger charge is 2.25. The van der Waals surface area contributed by atoms with Crippen LogP contribution in [0.1, 0.15) is 12.7 Å². The van der Waals surface area contributed by atoms with Crippen molar-refractivity contribution in [3.05, 3.63) is 18.2 Å². The lowest BCUT2D eigenvalue weighted by Gasteiger charge is -2.14. The molecular weight excluding hydrogens is 188 g/mol. The number of aryl methyl sites for hydroxylation is 1. The fourth-order valence-electron chi connectivity index (χ4n) is 2.17. The van der Waals surface area contributed by atoms with E-state index in [2.05, 4.69) is 21.4 Å². The molecule has 0 aromatic carbocycles. The zero-order chi connectivity index (χ0) is 10.8. The van der Waals surface area contributed by atoms with Gasteiger partial charge in [0, 0.05) is 51.5 Å². The Kier molecular flexibility index (Phi) is 3.07. The molecule has 1 saturated heterocycles. The average molecular weight is 208 g/mol. The van der Waals surface area contributed by atoms with E-state index in [-0.39, 0.29) is 0 Å². The second-order valence-corrected chi connectivity index (χ2v) is 4.61. The standard InChI is InChI=1S/C11H20N4/c1-9-7-15(8-10(9)12)5-3-11-13-4-6-14(11)2/h4,6,9-10H,3,5,7-8,12H2,1-2H3. The third-order valence-electron chi connectivity index (χ3n) is 3.32. The number of nitrogens with two attached hydrogens (primary N) is 1. The van der Waals surface area contributed by atoms with Crippen molar-refractivity contribution in [2.75, 3.05) is 19.6 Å². The van der Waals surface area contributed by atoms with Crippen LogP contribution in [0, 0.1) is 5.92 Å². The van der Waals surface area contributed by atoms with E-state index in [0.29, 0.717) is 12.0 Å². The number of rotatable bonds is 3. The minimum absolute atomic E-state index is 0.353. The second-order valence-electron chi connectivity index (χ2n) is 4.61. The van der Waals surface area contributed by atoms with Crippen molar-refractivity contribution in [1.82, 2.24) is 14.5 Å². The Morgan fingerprint density at radius 2 is 2.33 bits per heavy atom. The van der Waals surface area contributed by atoms with Crippen molar-refractivity contribution >= 4 is 0 Å². The highest BCUT2D eigenvalue weighted by molar-refractivity contribution is 4.93. The van der Waals surface area contributed by atoms with E-state index < -0.39 is 0 Å². The zero-order valence-electron chi connectivity index (χ0n) is 9.56. The molecule has 0 saturated carbocycles. The highest BCUT2D eigenvalue weighted by Crippen LogP contribution is 2.14. The van der Waals surface area contributed by atoms with E-state index >= 15 is 0 Å². The lowest BCUT2D eigenvalue weighted by Crippen LogP contribution is -2.29. The van der Waals surface area contributed by atoms with E-state index in [1.54, 1.807) is 0 Å². The summed E-state index contributed by atoms with van der Waals surface area (Å²) in [6.07, 6.45) is 4.87. The number of nitrogens with zero attached hydrogens (tertiary/aromatic N) is 3. The molecule has 0 aliphatic carbocycles. The summed E-state index contributed by atoms with van der Waals surface area (Å²) in [4.78, 5) is 6.75. The first-order chi connectivity index (χ1) is 7.16. The summed E-state index contributed by atoms with van der Waals surface area (Å²) in [7, 11) is 2.04. The number of likely N-dealkylation sites (tertiary alicyclic amines) is 1. The van der Waals surface area contributed by atoms with Crippen LogP contribution in [0.5, 0.6) is 0 Å². The van der Waals surface area contributed by atoms with Gasteiger partial charge in [0.05, 0.1) is 0 Å². The van der Waals surface area contributed by atoms with E-state index in [1.807, 2.05) is 19.4 Å². The molecule has 2 unspecified atom stereocenters. The second kappa shape index (κ2) is 4.33. The van der Waals surface area contributed by atoms with Crippen LogP contribution in [0.4, 0.5) is 0 Å². The third-order valence-corrected chi connectivity index (χ3v) is 3.32. The molecule has 1 aromatic rings. The summed E-state index contributed by atoms with van der Waals surface area (Å²) in [5, 5.41) is 0. The lowest BCUT2D eigenvalue weighted by atomic mass is 10.1. The smallest absolute Gasteiger partial charge is 0.109 e. The number of imidazole rings is 1. The van der Waals surface area contributed by atoms with E-state index in [4.69, 9.17) is 5.73 Å². The van der Waals surface area contributed by atoms with Crippen molar-refractivity contribution in [3.8, 4) is 0 Å². The van der Waals surface area contributed by atoms with Crippen LogP contribution < -0.4 is 5.73 Å². The molecule has 1 aliphatic rings. The number of aromatic nitrogens is 2. The topological polar surface area (TPSA) is 47.1 Å². The largest absolute Gasteiger partial charge is 0.338 e. The Morgan fingerprint density at radius 1 is 1.53 bits per heavy atom. The summed E-state index contributed by atoms with van der Waals surface area (Å²) in [5.41, 5.74) is 5.99. The lowest BCUT2D eigenvalue weighted by molar-refractivity contribution is 0.327. The molecule has 0 amide bonds.